The third-order valence-corrected chi connectivity index (χ3v) is 3.98. The molecule has 0 spiro atoms. The molecule has 0 unspecified atom stereocenters. The molecule has 2 aromatic rings. The minimum absolute atomic E-state index is 0.101. The van der Waals surface area contributed by atoms with Crippen molar-refractivity contribution < 1.29 is 14.3 Å². The molecular weight excluding hydrogens is 270 g/mol. The molecule has 0 atom stereocenters. The Balaban J connectivity index is 1.60. The maximum atomic E-state index is 12.1. The molecule has 3 rings (SSSR count). The van der Waals surface area contributed by atoms with E-state index in [2.05, 4.69) is 15.5 Å². The van der Waals surface area contributed by atoms with Gasteiger partial charge in [-0.1, -0.05) is 0 Å². The van der Waals surface area contributed by atoms with E-state index in [4.69, 9.17) is 9.52 Å². The lowest BCUT2D eigenvalue weighted by molar-refractivity contribution is 0.0941. The van der Waals surface area contributed by atoms with Crippen LogP contribution in [-0.4, -0.2) is 34.4 Å². The largest absolute Gasteiger partial charge is 0.423 e. The summed E-state index contributed by atoms with van der Waals surface area (Å²) in [4.78, 5) is 12.1. The maximum absolute atomic E-state index is 12.1. The van der Waals surface area contributed by atoms with Crippen LogP contribution in [0, 0.1) is 5.41 Å². The van der Waals surface area contributed by atoms with Crippen molar-refractivity contribution in [2.45, 2.75) is 19.3 Å². The van der Waals surface area contributed by atoms with Gasteiger partial charge >= 0.3 is 0 Å². The molecule has 110 valence electrons. The van der Waals surface area contributed by atoms with Crippen LogP contribution in [0.5, 0.6) is 0 Å². The Kier molecular flexibility index (Phi) is 3.70. The highest BCUT2D eigenvalue weighted by molar-refractivity contribution is 5.94. The zero-order valence-corrected chi connectivity index (χ0v) is 11.6. The van der Waals surface area contributed by atoms with Gasteiger partial charge in [-0.05, 0) is 48.9 Å². The highest BCUT2D eigenvalue weighted by Crippen LogP contribution is 2.47. The second-order valence-corrected chi connectivity index (χ2v) is 5.48. The molecule has 0 radical (unpaired) electrons. The lowest BCUT2D eigenvalue weighted by Gasteiger charge is -2.14. The molecule has 1 fully saturated rings. The van der Waals surface area contributed by atoms with E-state index in [1.165, 1.54) is 6.39 Å². The van der Waals surface area contributed by atoms with Gasteiger partial charge < -0.3 is 14.8 Å². The molecule has 1 aromatic carbocycles. The van der Waals surface area contributed by atoms with Crippen molar-refractivity contribution in [1.82, 2.24) is 15.5 Å². The van der Waals surface area contributed by atoms with Gasteiger partial charge in [-0.3, -0.25) is 4.79 Å². The van der Waals surface area contributed by atoms with E-state index in [0.29, 0.717) is 18.0 Å². The van der Waals surface area contributed by atoms with Crippen LogP contribution in [0.3, 0.4) is 0 Å². The molecule has 1 aliphatic carbocycles. The van der Waals surface area contributed by atoms with Crippen LogP contribution in [0.1, 0.15) is 29.6 Å². The van der Waals surface area contributed by atoms with E-state index in [-0.39, 0.29) is 17.9 Å². The molecule has 1 heterocycles. The molecule has 0 aliphatic heterocycles. The molecule has 2 N–H and O–H groups in total. The van der Waals surface area contributed by atoms with Crippen LogP contribution >= 0.6 is 0 Å². The lowest BCUT2D eigenvalue weighted by atomic mass is 10.0. The summed E-state index contributed by atoms with van der Waals surface area (Å²) in [6.45, 7) is 0.798. The average Bonchev–Trinajstić information content (AvgIpc) is 3.06. The predicted molar refractivity (Wildman–Crippen MR) is 75.4 cm³/mol. The number of hydrogen-bond acceptors (Lipinski definition) is 5. The average molecular weight is 287 g/mol. The second-order valence-electron chi connectivity index (χ2n) is 5.48. The highest BCUT2D eigenvalue weighted by Gasteiger charge is 2.41. The van der Waals surface area contributed by atoms with Gasteiger partial charge in [-0.15, -0.1) is 10.2 Å². The lowest BCUT2D eigenvalue weighted by Crippen LogP contribution is -2.30. The Morgan fingerprint density at radius 3 is 2.67 bits per heavy atom. The van der Waals surface area contributed by atoms with Crippen LogP contribution in [0.2, 0.25) is 0 Å². The summed E-state index contributed by atoms with van der Waals surface area (Å²) in [5.74, 6) is 0.332. The number of amides is 1. The molecule has 21 heavy (non-hydrogen) atoms. The Bertz CT molecular complexity index is 604. The van der Waals surface area contributed by atoms with Gasteiger partial charge in [0, 0.05) is 24.3 Å². The van der Waals surface area contributed by atoms with E-state index < -0.39 is 0 Å². The molecule has 1 amide bonds. The second kappa shape index (κ2) is 5.65. The summed E-state index contributed by atoms with van der Waals surface area (Å²) < 4.78 is 5.10. The van der Waals surface area contributed by atoms with Gasteiger partial charge in [0.2, 0.25) is 12.3 Å². The van der Waals surface area contributed by atoms with Crippen molar-refractivity contribution in [2.24, 2.45) is 5.41 Å². The Labute approximate surface area is 122 Å². The van der Waals surface area contributed by atoms with Crippen LogP contribution in [0.25, 0.3) is 11.5 Å². The van der Waals surface area contributed by atoms with Gasteiger partial charge in [0.25, 0.3) is 5.91 Å². The number of aromatic nitrogens is 2. The van der Waals surface area contributed by atoms with Gasteiger partial charge in [0.05, 0.1) is 0 Å². The zero-order chi connectivity index (χ0) is 14.7. The summed E-state index contributed by atoms with van der Waals surface area (Å²) in [6, 6.07) is 7.03. The van der Waals surface area contributed by atoms with Crippen LogP contribution in [-0.2, 0) is 0 Å². The number of nitrogens with one attached hydrogen (secondary N) is 1. The Morgan fingerprint density at radius 1 is 1.33 bits per heavy atom. The van der Waals surface area contributed by atoms with Gasteiger partial charge in [-0.2, -0.15) is 0 Å². The number of aliphatic hydroxyl groups is 1. The smallest absolute Gasteiger partial charge is 0.251 e. The molecule has 6 heteroatoms. The number of carbonyl (C=O) groups is 1. The molecule has 1 aliphatic rings. The van der Waals surface area contributed by atoms with Crippen molar-refractivity contribution in [3.63, 3.8) is 0 Å². The van der Waals surface area contributed by atoms with Crippen molar-refractivity contribution in [1.29, 1.82) is 0 Å². The predicted octanol–water partition coefficient (Wildman–Crippen LogP) is 1.63. The number of rotatable bonds is 6. The minimum Gasteiger partial charge on any atom is -0.423 e. The SMILES string of the molecule is O=C(NCC1(CCO)CC1)c1ccc(-c2nnco2)cc1. The fourth-order valence-corrected chi connectivity index (χ4v) is 2.36. The fraction of sp³-hybridized carbons (Fsp3) is 0.400. The zero-order valence-electron chi connectivity index (χ0n) is 11.6. The number of benzene rings is 1. The number of hydrogen-bond donors (Lipinski definition) is 2. The standard InChI is InChI=1S/C15H17N3O3/c19-8-7-15(5-6-15)9-16-13(20)11-1-3-12(4-2-11)14-18-17-10-21-14/h1-4,10,19H,5-9H2,(H,16,20). The molecule has 0 bridgehead atoms. The first kappa shape index (κ1) is 13.8. The summed E-state index contributed by atoms with van der Waals surface area (Å²) in [5, 5.41) is 19.4. The monoisotopic (exact) mass is 287 g/mol. The normalized spacial score (nSPS) is 15.7. The Morgan fingerprint density at radius 2 is 2.10 bits per heavy atom. The minimum atomic E-state index is -0.101. The Hall–Kier alpha value is -2.21. The summed E-state index contributed by atoms with van der Waals surface area (Å²) in [5.41, 5.74) is 1.50. The van der Waals surface area contributed by atoms with Crippen LogP contribution < -0.4 is 5.32 Å². The van der Waals surface area contributed by atoms with Crippen molar-refractivity contribution in [3.8, 4) is 11.5 Å². The van der Waals surface area contributed by atoms with Gasteiger partial charge in [0.15, 0.2) is 0 Å². The number of nitrogens with zero attached hydrogens (tertiary/aromatic N) is 2. The molecule has 0 saturated heterocycles. The molecule has 1 aromatic heterocycles. The number of aliphatic hydroxyl groups excluding tert-OH is 1. The van der Waals surface area contributed by atoms with E-state index >= 15 is 0 Å². The summed E-state index contributed by atoms with van der Waals surface area (Å²) in [7, 11) is 0. The first-order chi connectivity index (χ1) is 10.2. The van der Waals surface area contributed by atoms with E-state index in [0.717, 1.165) is 24.8 Å². The van der Waals surface area contributed by atoms with Crippen molar-refractivity contribution in [3.05, 3.63) is 36.2 Å². The highest BCUT2D eigenvalue weighted by atomic mass is 16.4. The van der Waals surface area contributed by atoms with Crippen molar-refractivity contribution >= 4 is 5.91 Å². The molecule has 1 saturated carbocycles. The first-order valence-electron chi connectivity index (χ1n) is 6.98. The first-order valence-corrected chi connectivity index (χ1v) is 6.98. The van der Waals surface area contributed by atoms with Crippen LogP contribution in [0.4, 0.5) is 0 Å². The molecular formula is C15H17N3O3. The summed E-state index contributed by atoms with van der Waals surface area (Å²) >= 11 is 0. The quantitative estimate of drug-likeness (QED) is 0.843. The van der Waals surface area contributed by atoms with Gasteiger partial charge in [-0.25, -0.2) is 0 Å². The maximum Gasteiger partial charge on any atom is 0.251 e. The van der Waals surface area contributed by atoms with E-state index in [9.17, 15) is 4.79 Å². The third-order valence-electron chi connectivity index (χ3n) is 3.98. The van der Waals surface area contributed by atoms with Gasteiger partial charge in [0.1, 0.15) is 0 Å². The topological polar surface area (TPSA) is 88.2 Å². The molecule has 6 nitrogen and oxygen atoms in total. The van der Waals surface area contributed by atoms with Crippen LogP contribution in [0.15, 0.2) is 35.1 Å². The van der Waals surface area contributed by atoms with E-state index in [1.807, 2.05) is 0 Å². The van der Waals surface area contributed by atoms with Crippen molar-refractivity contribution in [2.75, 3.05) is 13.2 Å². The number of carbonyl (C=O) groups excluding carboxylic acids is 1. The third kappa shape index (κ3) is 3.11. The summed E-state index contributed by atoms with van der Waals surface area (Å²) in [6.07, 6.45) is 4.17. The fourth-order valence-electron chi connectivity index (χ4n) is 2.36. The van der Waals surface area contributed by atoms with E-state index in [1.54, 1.807) is 24.3 Å².